The zero-order chi connectivity index (χ0) is 22.8. The molecule has 1 aliphatic carbocycles. The first kappa shape index (κ1) is 21.1. The van der Waals surface area contributed by atoms with Gasteiger partial charge < -0.3 is 14.8 Å². The van der Waals surface area contributed by atoms with Crippen LogP contribution >= 0.6 is 0 Å². The molecule has 1 amide bonds. The lowest BCUT2D eigenvalue weighted by Crippen LogP contribution is -2.21. The number of anilines is 2. The second-order valence-electron chi connectivity index (χ2n) is 7.77. The molecule has 0 fully saturated rings. The van der Waals surface area contributed by atoms with Crippen LogP contribution in [-0.4, -0.2) is 27.5 Å². The minimum atomic E-state index is -3.83. The van der Waals surface area contributed by atoms with Crippen molar-refractivity contribution in [3.8, 4) is 11.5 Å². The lowest BCUT2D eigenvalue weighted by atomic mass is 9.98. The van der Waals surface area contributed by atoms with E-state index in [4.69, 9.17) is 9.47 Å². The van der Waals surface area contributed by atoms with Gasteiger partial charge in [-0.1, -0.05) is 36.4 Å². The Balaban J connectivity index is 1.38. The molecule has 168 valence electrons. The number of fused-ring (bicyclic) bond motifs is 2. The summed E-state index contributed by atoms with van der Waals surface area (Å²) in [5.41, 5.74) is 2.97. The molecule has 0 saturated carbocycles. The predicted octanol–water partition coefficient (Wildman–Crippen LogP) is 4.44. The highest BCUT2D eigenvalue weighted by Gasteiger charge is 2.24. The van der Waals surface area contributed by atoms with Crippen LogP contribution in [0, 0.1) is 0 Å². The number of rotatable bonds is 5. The van der Waals surface area contributed by atoms with Gasteiger partial charge in [0.05, 0.1) is 16.2 Å². The van der Waals surface area contributed by atoms with Gasteiger partial charge in [0.2, 0.25) is 0 Å². The smallest absolute Gasteiger partial charge is 0.258 e. The number of ether oxygens (including phenoxy) is 2. The van der Waals surface area contributed by atoms with Crippen LogP contribution in [-0.2, 0) is 16.4 Å². The number of amides is 1. The van der Waals surface area contributed by atoms with Crippen LogP contribution in [0.1, 0.15) is 27.9 Å². The van der Waals surface area contributed by atoms with Crippen molar-refractivity contribution >= 4 is 33.4 Å². The lowest BCUT2D eigenvalue weighted by Gasteiger charge is -2.20. The third-order valence-electron chi connectivity index (χ3n) is 5.57. The van der Waals surface area contributed by atoms with Crippen molar-refractivity contribution in [2.24, 2.45) is 0 Å². The summed E-state index contributed by atoms with van der Waals surface area (Å²) >= 11 is 0. The van der Waals surface area contributed by atoms with Crippen LogP contribution in [0.25, 0.3) is 6.08 Å². The molecule has 0 aromatic heterocycles. The van der Waals surface area contributed by atoms with Gasteiger partial charge in [-0.25, -0.2) is 8.42 Å². The fraction of sp³-hybridized carbons (Fsp3) is 0.160. The molecular weight excluding hydrogens is 440 g/mol. The maximum atomic E-state index is 13.1. The second-order valence-corrected chi connectivity index (χ2v) is 9.51. The maximum Gasteiger partial charge on any atom is 0.258 e. The van der Waals surface area contributed by atoms with Gasteiger partial charge in [0.25, 0.3) is 15.9 Å². The molecular formula is C25H22N2O5S. The second kappa shape index (κ2) is 8.63. The van der Waals surface area contributed by atoms with E-state index in [2.05, 4.69) is 10.0 Å². The first-order valence-corrected chi connectivity index (χ1v) is 12.1. The molecule has 33 heavy (non-hydrogen) atoms. The number of aryl methyl sites for hydroxylation is 1. The Morgan fingerprint density at radius 1 is 0.848 bits per heavy atom. The van der Waals surface area contributed by atoms with Crippen LogP contribution < -0.4 is 19.5 Å². The van der Waals surface area contributed by atoms with Crippen LogP contribution in [0.5, 0.6) is 11.5 Å². The Bertz CT molecular complexity index is 1360. The van der Waals surface area contributed by atoms with Gasteiger partial charge in [-0.3, -0.25) is 9.52 Å². The van der Waals surface area contributed by atoms with E-state index in [-0.39, 0.29) is 11.3 Å². The molecule has 2 N–H and O–H groups in total. The quantitative estimate of drug-likeness (QED) is 0.585. The fourth-order valence-corrected chi connectivity index (χ4v) is 5.17. The number of carbonyl (C=O) groups is 1. The average molecular weight is 463 g/mol. The summed E-state index contributed by atoms with van der Waals surface area (Å²) in [6, 6.07) is 19.4. The van der Waals surface area contributed by atoms with Gasteiger partial charge in [-0.05, 0) is 54.3 Å². The van der Waals surface area contributed by atoms with E-state index in [9.17, 15) is 13.2 Å². The molecule has 0 saturated heterocycles. The Kier molecular flexibility index (Phi) is 5.51. The monoisotopic (exact) mass is 462 g/mol. The molecule has 0 unspecified atom stereocenters. The van der Waals surface area contributed by atoms with Crippen molar-refractivity contribution in [2.45, 2.75) is 12.8 Å². The summed E-state index contributed by atoms with van der Waals surface area (Å²) in [6.45, 7) is 0.920. The third-order valence-corrected chi connectivity index (χ3v) is 7.07. The van der Waals surface area contributed by atoms with Crippen molar-refractivity contribution in [3.63, 3.8) is 0 Å². The van der Waals surface area contributed by atoms with Gasteiger partial charge in [-0.15, -0.1) is 0 Å². The van der Waals surface area contributed by atoms with E-state index in [1.165, 1.54) is 0 Å². The Hall–Kier alpha value is -3.78. The van der Waals surface area contributed by atoms with E-state index >= 15 is 0 Å². The zero-order valence-corrected chi connectivity index (χ0v) is 18.5. The molecule has 8 heteroatoms. The van der Waals surface area contributed by atoms with Crippen LogP contribution in [0.3, 0.4) is 0 Å². The molecule has 3 aromatic rings. The lowest BCUT2D eigenvalue weighted by molar-refractivity contribution is 0.102. The third kappa shape index (κ3) is 4.42. The summed E-state index contributed by atoms with van der Waals surface area (Å²) in [5.74, 6) is 0.736. The van der Waals surface area contributed by atoms with E-state index in [1.807, 2.05) is 24.3 Å². The number of sulfonamides is 1. The predicted molar refractivity (Wildman–Crippen MR) is 127 cm³/mol. The molecule has 1 aliphatic heterocycles. The van der Waals surface area contributed by atoms with Crippen LogP contribution in [0.4, 0.5) is 11.4 Å². The number of carbonyl (C=O) groups excluding carboxylic acids is 1. The first-order chi connectivity index (χ1) is 16.0. The minimum absolute atomic E-state index is 0.215. The van der Waals surface area contributed by atoms with Gasteiger partial charge in [0.1, 0.15) is 13.2 Å². The summed E-state index contributed by atoms with van der Waals surface area (Å²) in [6.07, 6.45) is 2.74. The molecule has 0 atom stereocenters. The van der Waals surface area contributed by atoms with Crippen molar-refractivity contribution in [3.05, 3.63) is 88.3 Å². The summed E-state index contributed by atoms with van der Waals surface area (Å²) < 4.78 is 39.9. The molecule has 0 radical (unpaired) electrons. The van der Waals surface area contributed by atoms with Gasteiger partial charge in [0, 0.05) is 11.8 Å². The number of allylic oxidation sites excluding steroid dienone is 1. The number of hydrogen-bond acceptors (Lipinski definition) is 5. The number of benzene rings is 3. The van der Waals surface area contributed by atoms with E-state index in [0.717, 1.165) is 11.1 Å². The minimum Gasteiger partial charge on any atom is -0.486 e. The number of para-hydroxylation sites is 1. The average Bonchev–Trinajstić information content (AvgIpc) is 2.83. The largest absolute Gasteiger partial charge is 0.486 e. The molecule has 5 rings (SSSR count). The van der Waals surface area contributed by atoms with Gasteiger partial charge in [0.15, 0.2) is 11.5 Å². The van der Waals surface area contributed by atoms with E-state index in [0.29, 0.717) is 48.1 Å². The summed E-state index contributed by atoms with van der Waals surface area (Å²) in [5, 5.41) is 2.80. The van der Waals surface area contributed by atoms with Crippen molar-refractivity contribution in [1.29, 1.82) is 0 Å². The Morgan fingerprint density at radius 3 is 2.48 bits per heavy atom. The molecule has 0 bridgehead atoms. The fourth-order valence-electron chi connectivity index (χ4n) is 3.92. The van der Waals surface area contributed by atoms with Crippen molar-refractivity contribution < 1.29 is 22.7 Å². The van der Waals surface area contributed by atoms with Crippen molar-refractivity contribution in [1.82, 2.24) is 0 Å². The SMILES string of the molecule is O=C(Nc1ccc2c(c1)OCCO2)c1ccccc1NS(=O)(=O)C1=Cc2ccccc2CC1. The normalized spacial score (nSPS) is 14.6. The molecule has 1 heterocycles. The van der Waals surface area contributed by atoms with Crippen LogP contribution in [0.2, 0.25) is 0 Å². The van der Waals surface area contributed by atoms with Crippen molar-refractivity contribution in [2.75, 3.05) is 23.3 Å². The highest BCUT2D eigenvalue weighted by atomic mass is 32.2. The zero-order valence-electron chi connectivity index (χ0n) is 17.7. The summed E-state index contributed by atoms with van der Waals surface area (Å²) in [7, 11) is -3.83. The van der Waals surface area contributed by atoms with E-state index < -0.39 is 15.9 Å². The highest BCUT2D eigenvalue weighted by Crippen LogP contribution is 2.33. The van der Waals surface area contributed by atoms with Gasteiger partial charge >= 0.3 is 0 Å². The van der Waals surface area contributed by atoms with E-state index in [1.54, 1.807) is 48.5 Å². The van der Waals surface area contributed by atoms with Crippen LogP contribution in [0.15, 0.2) is 71.6 Å². The number of hydrogen-bond donors (Lipinski definition) is 2. The maximum absolute atomic E-state index is 13.1. The number of nitrogens with one attached hydrogen (secondary N) is 2. The molecule has 2 aliphatic rings. The summed E-state index contributed by atoms with van der Waals surface area (Å²) in [4.78, 5) is 13.3. The topological polar surface area (TPSA) is 93.7 Å². The molecule has 3 aromatic carbocycles. The standard InChI is InChI=1S/C25H22N2O5S/c28-25(26-19-10-12-23-24(16-19)32-14-13-31-23)21-7-3-4-8-22(21)27-33(29,30)20-11-9-17-5-1-2-6-18(17)15-20/h1-8,10,12,15-16,27H,9,11,13-14H2,(H,26,28). The first-order valence-electron chi connectivity index (χ1n) is 10.6. The Labute approximate surface area is 192 Å². The molecule has 7 nitrogen and oxygen atoms in total. The Morgan fingerprint density at radius 2 is 1.61 bits per heavy atom. The molecule has 0 spiro atoms. The highest BCUT2D eigenvalue weighted by molar-refractivity contribution is 7.96. The van der Waals surface area contributed by atoms with Gasteiger partial charge in [-0.2, -0.15) is 0 Å².